The Bertz CT molecular complexity index is 858. The van der Waals surface area contributed by atoms with Gasteiger partial charge in [0.1, 0.15) is 12.4 Å². The molecule has 182 valence electrons. The first kappa shape index (κ1) is 27.4. The molecule has 2 aromatic rings. The standard InChI is InChI=1S/C26H38N4O2.HI/c1-20-10-12-22(13-11-20)25-23(8-6-15-32-25)19-29-26(27-2)28-18-21-7-5-9-24(17-21)31-16-14-30(3)4;/h5,7,9-13,17,23,25H,6,8,14-16,18-19H2,1-4H3,(H2,27,28,29);1H. The number of aliphatic imine (C=N–C) groups is 1. The van der Waals surface area contributed by atoms with Crippen molar-refractivity contribution in [1.29, 1.82) is 0 Å². The lowest BCUT2D eigenvalue weighted by atomic mass is 9.89. The molecule has 2 atom stereocenters. The smallest absolute Gasteiger partial charge is 0.191 e. The second-order valence-corrected chi connectivity index (χ2v) is 8.71. The van der Waals surface area contributed by atoms with Crippen molar-refractivity contribution in [1.82, 2.24) is 15.5 Å². The fourth-order valence-corrected chi connectivity index (χ4v) is 3.90. The van der Waals surface area contributed by atoms with Crippen LogP contribution in [0.1, 0.15) is 35.6 Å². The van der Waals surface area contributed by atoms with Crippen molar-refractivity contribution >= 4 is 29.9 Å². The largest absolute Gasteiger partial charge is 0.492 e. The lowest BCUT2D eigenvalue weighted by Crippen LogP contribution is -2.41. The number of guanidine groups is 1. The maximum Gasteiger partial charge on any atom is 0.191 e. The first-order chi connectivity index (χ1) is 15.5. The molecule has 0 saturated carbocycles. The Balaban J connectivity index is 0.00000385. The highest BCUT2D eigenvalue weighted by Gasteiger charge is 2.27. The van der Waals surface area contributed by atoms with Crippen LogP contribution in [-0.4, -0.2) is 58.3 Å². The Morgan fingerprint density at radius 2 is 1.94 bits per heavy atom. The molecule has 6 nitrogen and oxygen atoms in total. The highest BCUT2D eigenvalue weighted by Crippen LogP contribution is 2.33. The van der Waals surface area contributed by atoms with E-state index in [2.05, 4.69) is 63.8 Å². The summed E-state index contributed by atoms with van der Waals surface area (Å²) in [6.45, 7) is 6.03. The van der Waals surface area contributed by atoms with Crippen LogP contribution in [0.2, 0.25) is 0 Å². The van der Waals surface area contributed by atoms with Crippen LogP contribution in [0.5, 0.6) is 5.75 Å². The van der Waals surface area contributed by atoms with Crippen LogP contribution in [0.25, 0.3) is 0 Å². The molecular formula is C26H39IN4O2. The van der Waals surface area contributed by atoms with Gasteiger partial charge in [-0.3, -0.25) is 4.99 Å². The van der Waals surface area contributed by atoms with Gasteiger partial charge in [0.05, 0.1) is 6.10 Å². The molecule has 0 spiro atoms. The van der Waals surface area contributed by atoms with E-state index < -0.39 is 0 Å². The predicted molar refractivity (Wildman–Crippen MR) is 147 cm³/mol. The normalized spacial score (nSPS) is 18.5. The van der Waals surface area contributed by atoms with Crippen molar-refractivity contribution in [2.45, 2.75) is 32.4 Å². The zero-order chi connectivity index (χ0) is 22.8. The van der Waals surface area contributed by atoms with Crippen LogP contribution in [0.4, 0.5) is 0 Å². The minimum atomic E-state index is 0. The maximum atomic E-state index is 6.15. The van der Waals surface area contributed by atoms with Gasteiger partial charge in [-0.1, -0.05) is 42.0 Å². The Morgan fingerprint density at radius 1 is 1.15 bits per heavy atom. The molecule has 33 heavy (non-hydrogen) atoms. The van der Waals surface area contributed by atoms with Crippen molar-refractivity contribution in [2.24, 2.45) is 10.9 Å². The molecule has 1 saturated heterocycles. The number of hydrogen-bond acceptors (Lipinski definition) is 4. The molecular weight excluding hydrogens is 527 g/mol. The average molecular weight is 567 g/mol. The Hall–Kier alpha value is -1.84. The summed E-state index contributed by atoms with van der Waals surface area (Å²) in [6, 6.07) is 16.9. The number of halogens is 1. The number of aryl methyl sites for hydroxylation is 1. The third-order valence-electron chi connectivity index (χ3n) is 5.77. The van der Waals surface area contributed by atoms with Gasteiger partial charge < -0.3 is 25.0 Å². The molecule has 1 aliphatic heterocycles. The number of likely N-dealkylation sites (N-methyl/N-ethyl adjacent to an activating group) is 1. The van der Waals surface area contributed by atoms with Crippen molar-refractivity contribution in [3.05, 3.63) is 65.2 Å². The summed E-state index contributed by atoms with van der Waals surface area (Å²) in [6.07, 6.45) is 2.38. The molecule has 2 unspecified atom stereocenters. The summed E-state index contributed by atoms with van der Waals surface area (Å²) >= 11 is 0. The van der Waals surface area contributed by atoms with E-state index in [0.29, 0.717) is 19.1 Å². The number of benzene rings is 2. The highest BCUT2D eigenvalue weighted by molar-refractivity contribution is 14.0. The third kappa shape index (κ3) is 9.14. The first-order valence-electron chi connectivity index (χ1n) is 11.5. The van der Waals surface area contributed by atoms with Gasteiger partial charge in [-0.15, -0.1) is 24.0 Å². The second kappa shape index (κ2) is 14.4. The monoisotopic (exact) mass is 566 g/mol. The van der Waals surface area contributed by atoms with E-state index in [1.807, 2.05) is 33.3 Å². The van der Waals surface area contributed by atoms with E-state index in [4.69, 9.17) is 9.47 Å². The van der Waals surface area contributed by atoms with E-state index in [0.717, 1.165) is 49.8 Å². The predicted octanol–water partition coefficient (Wildman–Crippen LogP) is 4.39. The minimum Gasteiger partial charge on any atom is -0.492 e. The summed E-state index contributed by atoms with van der Waals surface area (Å²) < 4.78 is 12.0. The average Bonchev–Trinajstić information content (AvgIpc) is 2.80. The van der Waals surface area contributed by atoms with Crippen LogP contribution in [0.15, 0.2) is 53.5 Å². The van der Waals surface area contributed by atoms with Gasteiger partial charge in [0.25, 0.3) is 0 Å². The SMILES string of the molecule is CN=C(NCc1cccc(OCCN(C)C)c1)NCC1CCCOC1c1ccc(C)cc1.I. The van der Waals surface area contributed by atoms with Gasteiger partial charge in [-0.05, 0) is 57.1 Å². The van der Waals surface area contributed by atoms with Crippen molar-refractivity contribution < 1.29 is 9.47 Å². The lowest BCUT2D eigenvalue weighted by Gasteiger charge is -2.32. The van der Waals surface area contributed by atoms with Crippen LogP contribution in [0.3, 0.4) is 0 Å². The van der Waals surface area contributed by atoms with Gasteiger partial charge in [-0.25, -0.2) is 0 Å². The van der Waals surface area contributed by atoms with E-state index in [-0.39, 0.29) is 30.1 Å². The van der Waals surface area contributed by atoms with Gasteiger partial charge >= 0.3 is 0 Å². The molecule has 7 heteroatoms. The summed E-state index contributed by atoms with van der Waals surface area (Å²) in [7, 11) is 5.90. The summed E-state index contributed by atoms with van der Waals surface area (Å²) in [5.41, 5.74) is 3.70. The molecule has 2 aromatic carbocycles. The van der Waals surface area contributed by atoms with Crippen molar-refractivity contribution in [3.63, 3.8) is 0 Å². The van der Waals surface area contributed by atoms with Crippen LogP contribution in [-0.2, 0) is 11.3 Å². The number of hydrogen-bond donors (Lipinski definition) is 2. The van der Waals surface area contributed by atoms with Gasteiger partial charge in [0.15, 0.2) is 5.96 Å². The molecule has 0 bridgehead atoms. The molecule has 1 fully saturated rings. The molecule has 1 heterocycles. The Labute approximate surface area is 216 Å². The van der Waals surface area contributed by atoms with E-state index >= 15 is 0 Å². The summed E-state index contributed by atoms with van der Waals surface area (Å²) in [5.74, 6) is 2.12. The molecule has 0 amide bonds. The third-order valence-corrected chi connectivity index (χ3v) is 5.77. The van der Waals surface area contributed by atoms with Gasteiger partial charge in [0, 0.05) is 39.2 Å². The molecule has 0 aliphatic carbocycles. The Kier molecular flexibility index (Phi) is 12.0. The van der Waals surface area contributed by atoms with Crippen LogP contribution >= 0.6 is 24.0 Å². The number of nitrogens with one attached hydrogen (secondary N) is 2. The van der Waals surface area contributed by atoms with Crippen molar-refractivity contribution in [3.8, 4) is 5.75 Å². The van der Waals surface area contributed by atoms with E-state index in [1.165, 1.54) is 11.1 Å². The minimum absolute atomic E-state index is 0. The molecule has 0 radical (unpaired) electrons. The zero-order valence-electron chi connectivity index (χ0n) is 20.3. The molecule has 0 aromatic heterocycles. The maximum absolute atomic E-state index is 6.15. The number of ether oxygens (including phenoxy) is 2. The quantitative estimate of drug-likeness (QED) is 0.268. The van der Waals surface area contributed by atoms with Crippen molar-refractivity contribution in [2.75, 3.05) is 47.4 Å². The van der Waals surface area contributed by atoms with E-state index in [1.54, 1.807) is 0 Å². The Morgan fingerprint density at radius 3 is 2.67 bits per heavy atom. The summed E-state index contributed by atoms with van der Waals surface area (Å²) in [4.78, 5) is 6.52. The summed E-state index contributed by atoms with van der Waals surface area (Å²) in [5, 5.41) is 6.93. The highest BCUT2D eigenvalue weighted by atomic mass is 127. The fourth-order valence-electron chi connectivity index (χ4n) is 3.90. The molecule has 2 N–H and O–H groups in total. The lowest BCUT2D eigenvalue weighted by molar-refractivity contribution is -0.0265. The van der Waals surface area contributed by atoms with E-state index in [9.17, 15) is 0 Å². The second-order valence-electron chi connectivity index (χ2n) is 8.71. The molecule has 1 aliphatic rings. The molecule has 3 rings (SSSR count). The number of rotatable bonds is 9. The zero-order valence-corrected chi connectivity index (χ0v) is 22.7. The topological polar surface area (TPSA) is 58.1 Å². The fraction of sp³-hybridized carbons (Fsp3) is 0.500. The van der Waals surface area contributed by atoms with Gasteiger partial charge in [0.2, 0.25) is 0 Å². The van der Waals surface area contributed by atoms with Gasteiger partial charge in [-0.2, -0.15) is 0 Å². The van der Waals surface area contributed by atoms with Crippen LogP contribution < -0.4 is 15.4 Å². The first-order valence-corrected chi connectivity index (χ1v) is 11.5. The van der Waals surface area contributed by atoms with Crippen LogP contribution in [0, 0.1) is 12.8 Å². The number of nitrogens with zero attached hydrogens (tertiary/aromatic N) is 2.